The van der Waals surface area contributed by atoms with Crippen molar-refractivity contribution in [3.63, 3.8) is 0 Å². The Bertz CT molecular complexity index is 552. The van der Waals surface area contributed by atoms with Gasteiger partial charge >= 0.3 is 0 Å². The molecule has 0 N–H and O–H groups in total. The summed E-state index contributed by atoms with van der Waals surface area (Å²) in [4.78, 5) is 16.6. The zero-order valence-electron chi connectivity index (χ0n) is 10.1. The molecule has 4 nitrogen and oxygen atoms in total. The third kappa shape index (κ3) is 1.70. The fraction of sp³-hybridized carbons (Fsp3) is 0.500. The van der Waals surface area contributed by atoms with Crippen molar-refractivity contribution in [2.45, 2.75) is 25.7 Å². The van der Waals surface area contributed by atoms with E-state index in [2.05, 4.69) is 9.97 Å². The second-order valence-corrected chi connectivity index (χ2v) is 5.35. The van der Waals surface area contributed by atoms with Crippen LogP contribution in [-0.2, 0) is 17.7 Å². The maximum Gasteiger partial charge on any atom is 0.164 e. The molecule has 2 aromatic rings. The molecule has 0 radical (unpaired) electrons. The SMILES string of the molecule is CON(C)c1ncnc2sc3c(c12)CCCC3. The minimum absolute atomic E-state index is 0.886. The van der Waals surface area contributed by atoms with Gasteiger partial charge in [0.15, 0.2) is 5.82 Å². The van der Waals surface area contributed by atoms with Gasteiger partial charge in [-0.1, -0.05) is 0 Å². The predicted molar refractivity (Wildman–Crippen MR) is 69.5 cm³/mol. The van der Waals surface area contributed by atoms with Crippen molar-refractivity contribution in [2.24, 2.45) is 0 Å². The quantitative estimate of drug-likeness (QED) is 0.767. The largest absolute Gasteiger partial charge is 0.276 e. The number of aryl methyl sites for hydroxylation is 2. The fourth-order valence-corrected chi connectivity index (χ4v) is 3.62. The highest BCUT2D eigenvalue weighted by Crippen LogP contribution is 2.38. The lowest BCUT2D eigenvalue weighted by atomic mass is 9.97. The van der Waals surface area contributed by atoms with Gasteiger partial charge in [-0.2, -0.15) is 0 Å². The second-order valence-electron chi connectivity index (χ2n) is 4.27. The molecule has 0 aromatic carbocycles. The number of hydroxylamine groups is 1. The van der Waals surface area contributed by atoms with Crippen molar-refractivity contribution in [1.29, 1.82) is 0 Å². The lowest BCUT2D eigenvalue weighted by Crippen LogP contribution is -2.17. The Morgan fingerprint density at radius 2 is 2.12 bits per heavy atom. The van der Waals surface area contributed by atoms with E-state index >= 15 is 0 Å². The third-order valence-electron chi connectivity index (χ3n) is 3.30. The Balaban J connectivity index is 2.25. The summed E-state index contributed by atoms with van der Waals surface area (Å²) in [5.41, 5.74) is 1.44. The van der Waals surface area contributed by atoms with E-state index in [-0.39, 0.29) is 0 Å². The second kappa shape index (κ2) is 4.23. The molecule has 1 aliphatic carbocycles. The van der Waals surface area contributed by atoms with Crippen LogP contribution in [0.5, 0.6) is 0 Å². The van der Waals surface area contributed by atoms with E-state index in [4.69, 9.17) is 4.84 Å². The van der Waals surface area contributed by atoms with Gasteiger partial charge in [0.2, 0.25) is 0 Å². The molecular formula is C12H15N3OS. The maximum atomic E-state index is 5.25. The highest BCUT2D eigenvalue weighted by molar-refractivity contribution is 7.19. The van der Waals surface area contributed by atoms with Crippen molar-refractivity contribution < 1.29 is 4.84 Å². The number of hydrogen-bond acceptors (Lipinski definition) is 5. The van der Waals surface area contributed by atoms with E-state index in [1.165, 1.54) is 35.1 Å². The Morgan fingerprint density at radius 3 is 2.94 bits per heavy atom. The van der Waals surface area contributed by atoms with Gasteiger partial charge in [-0.3, -0.25) is 4.84 Å². The number of hydrogen-bond donors (Lipinski definition) is 0. The van der Waals surface area contributed by atoms with E-state index < -0.39 is 0 Å². The summed E-state index contributed by atoms with van der Waals surface area (Å²) in [5.74, 6) is 0.886. The molecule has 2 aromatic heterocycles. The maximum absolute atomic E-state index is 5.25. The van der Waals surface area contributed by atoms with Gasteiger partial charge in [0.1, 0.15) is 11.2 Å². The van der Waals surface area contributed by atoms with Crippen LogP contribution in [0.2, 0.25) is 0 Å². The smallest absolute Gasteiger partial charge is 0.164 e. The molecule has 0 unspecified atom stereocenters. The Kier molecular flexibility index (Phi) is 2.72. The van der Waals surface area contributed by atoms with Crippen molar-refractivity contribution in [1.82, 2.24) is 9.97 Å². The van der Waals surface area contributed by atoms with Crippen molar-refractivity contribution in [2.75, 3.05) is 19.2 Å². The average molecular weight is 249 g/mol. The first-order valence-electron chi connectivity index (χ1n) is 5.84. The van der Waals surface area contributed by atoms with Crippen molar-refractivity contribution in [3.8, 4) is 0 Å². The summed E-state index contributed by atoms with van der Waals surface area (Å²) in [7, 11) is 3.54. The van der Waals surface area contributed by atoms with Gasteiger partial charge in [0.05, 0.1) is 12.5 Å². The first-order valence-corrected chi connectivity index (χ1v) is 6.66. The highest BCUT2D eigenvalue weighted by Gasteiger charge is 2.21. The molecule has 5 heteroatoms. The average Bonchev–Trinajstić information content (AvgIpc) is 2.76. The van der Waals surface area contributed by atoms with E-state index in [0.29, 0.717) is 0 Å². The molecule has 0 saturated carbocycles. The molecule has 90 valence electrons. The molecule has 17 heavy (non-hydrogen) atoms. The molecule has 1 aliphatic rings. The fourth-order valence-electron chi connectivity index (χ4n) is 2.40. The van der Waals surface area contributed by atoms with Crippen LogP contribution in [0.4, 0.5) is 5.82 Å². The van der Waals surface area contributed by atoms with Crippen LogP contribution in [0, 0.1) is 0 Å². The summed E-state index contributed by atoms with van der Waals surface area (Å²) in [6.45, 7) is 0. The van der Waals surface area contributed by atoms with Gasteiger partial charge < -0.3 is 0 Å². The molecule has 0 amide bonds. The highest BCUT2D eigenvalue weighted by atomic mass is 32.1. The van der Waals surface area contributed by atoms with Gasteiger partial charge in [-0.15, -0.1) is 11.3 Å². The Hall–Kier alpha value is -1.20. The first kappa shape index (κ1) is 10.9. The van der Waals surface area contributed by atoms with Crippen molar-refractivity contribution in [3.05, 3.63) is 16.8 Å². The van der Waals surface area contributed by atoms with Crippen LogP contribution in [-0.4, -0.2) is 24.1 Å². The number of fused-ring (bicyclic) bond motifs is 3. The minimum atomic E-state index is 0.886. The van der Waals surface area contributed by atoms with E-state index in [1.807, 2.05) is 18.4 Å². The van der Waals surface area contributed by atoms with E-state index in [9.17, 15) is 0 Å². The number of nitrogens with zero attached hydrogens (tertiary/aromatic N) is 3. The Morgan fingerprint density at radius 1 is 1.29 bits per heavy atom. The lowest BCUT2D eigenvalue weighted by molar-refractivity contribution is 0.183. The molecule has 3 rings (SSSR count). The number of rotatable bonds is 2. The van der Waals surface area contributed by atoms with Crippen LogP contribution >= 0.6 is 11.3 Å². The normalized spacial score (nSPS) is 14.9. The monoisotopic (exact) mass is 249 g/mol. The van der Waals surface area contributed by atoms with Crippen LogP contribution in [0.3, 0.4) is 0 Å². The summed E-state index contributed by atoms with van der Waals surface area (Å²) in [5, 5.41) is 2.91. The third-order valence-corrected chi connectivity index (χ3v) is 4.50. The van der Waals surface area contributed by atoms with Crippen LogP contribution in [0.15, 0.2) is 6.33 Å². The van der Waals surface area contributed by atoms with E-state index in [0.717, 1.165) is 17.1 Å². The predicted octanol–water partition coefficient (Wildman–Crippen LogP) is 2.57. The molecule has 0 atom stereocenters. The summed E-state index contributed by atoms with van der Waals surface area (Å²) in [6, 6.07) is 0. The summed E-state index contributed by atoms with van der Waals surface area (Å²) < 4.78 is 0. The van der Waals surface area contributed by atoms with Crippen molar-refractivity contribution >= 4 is 27.4 Å². The molecule has 0 spiro atoms. The Labute approximate surface area is 104 Å². The number of thiophene rings is 1. The topological polar surface area (TPSA) is 38.2 Å². The molecule has 0 bridgehead atoms. The summed E-state index contributed by atoms with van der Waals surface area (Å²) >= 11 is 1.81. The van der Waals surface area contributed by atoms with E-state index in [1.54, 1.807) is 18.5 Å². The van der Waals surface area contributed by atoms with Gasteiger partial charge in [-0.05, 0) is 31.2 Å². The zero-order valence-corrected chi connectivity index (χ0v) is 10.9. The first-order chi connectivity index (χ1) is 8.31. The molecule has 0 fully saturated rings. The van der Waals surface area contributed by atoms with Gasteiger partial charge in [0.25, 0.3) is 0 Å². The van der Waals surface area contributed by atoms with Crippen LogP contribution in [0.25, 0.3) is 10.2 Å². The molecule has 0 saturated heterocycles. The molecule has 2 heterocycles. The number of aromatic nitrogens is 2. The molecular weight excluding hydrogens is 234 g/mol. The van der Waals surface area contributed by atoms with Crippen LogP contribution < -0.4 is 5.06 Å². The lowest BCUT2D eigenvalue weighted by Gasteiger charge is -2.17. The number of anilines is 1. The van der Waals surface area contributed by atoms with Crippen LogP contribution in [0.1, 0.15) is 23.3 Å². The van der Waals surface area contributed by atoms with Gasteiger partial charge in [0, 0.05) is 11.9 Å². The molecule has 0 aliphatic heterocycles. The van der Waals surface area contributed by atoms with Gasteiger partial charge in [-0.25, -0.2) is 15.0 Å². The summed E-state index contributed by atoms with van der Waals surface area (Å²) in [6.07, 6.45) is 6.52. The zero-order chi connectivity index (χ0) is 11.8. The standard InChI is InChI=1S/C12H15N3OS/c1-15(16-2)11-10-8-5-3-4-6-9(8)17-12(10)14-7-13-11/h7H,3-6H2,1-2H3. The minimum Gasteiger partial charge on any atom is -0.276 e.